The molecular formula is C20H23ClF2N4O3. The number of nitrogens with one attached hydrogen (secondary N) is 2. The van der Waals surface area contributed by atoms with Gasteiger partial charge in [0.1, 0.15) is 5.82 Å². The number of ether oxygens (including phenoxy) is 1. The van der Waals surface area contributed by atoms with Gasteiger partial charge in [-0.25, -0.2) is 8.78 Å². The summed E-state index contributed by atoms with van der Waals surface area (Å²) in [6.45, 7) is 3.88. The van der Waals surface area contributed by atoms with Crippen molar-refractivity contribution in [3.8, 4) is 0 Å². The summed E-state index contributed by atoms with van der Waals surface area (Å²) in [5.74, 6) is -3.18. The average molecular weight is 441 g/mol. The fourth-order valence-electron chi connectivity index (χ4n) is 3.30. The van der Waals surface area contributed by atoms with Crippen LogP contribution in [0.2, 0.25) is 5.02 Å². The minimum atomic E-state index is -1.19. The molecule has 2 amide bonds. The normalized spacial score (nSPS) is 14.5. The lowest BCUT2D eigenvalue weighted by atomic mass is 10.1. The molecule has 2 aromatic rings. The summed E-state index contributed by atoms with van der Waals surface area (Å²) in [6.07, 6.45) is 3.34. The zero-order valence-electron chi connectivity index (χ0n) is 16.5. The molecule has 0 atom stereocenters. The number of H-pyrrole nitrogens is 1. The Labute approximate surface area is 177 Å². The maximum atomic E-state index is 13.4. The van der Waals surface area contributed by atoms with E-state index in [-0.39, 0.29) is 34.0 Å². The molecule has 3 rings (SSSR count). The number of halogens is 3. The number of rotatable bonds is 7. The van der Waals surface area contributed by atoms with Crippen LogP contribution < -0.4 is 5.32 Å². The maximum Gasteiger partial charge on any atom is 0.274 e. The molecule has 0 unspecified atom stereocenters. The first kappa shape index (κ1) is 22.2. The number of carbonyl (C=O) groups is 2. The van der Waals surface area contributed by atoms with Crippen LogP contribution in [0.4, 0.5) is 14.6 Å². The number of nitrogens with zero attached hydrogens (tertiary/aromatic N) is 2. The number of hydrogen-bond acceptors (Lipinski definition) is 4. The van der Waals surface area contributed by atoms with Crippen molar-refractivity contribution in [2.75, 3.05) is 25.1 Å². The van der Waals surface area contributed by atoms with Crippen molar-refractivity contribution in [3.05, 3.63) is 46.1 Å². The summed E-state index contributed by atoms with van der Waals surface area (Å²) >= 11 is 5.83. The lowest BCUT2D eigenvalue weighted by Gasteiger charge is -2.34. The van der Waals surface area contributed by atoms with Crippen LogP contribution in [-0.2, 0) is 4.74 Å². The molecule has 1 aliphatic rings. The molecule has 0 spiro atoms. The second-order valence-electron chi connectivity index (χ2n) is 7.06. The summed E-state index contributed by atoms with van der Waals surface area (Å²) in [5.41, 5.74) is -0.0749. The molecule has 1 saturated heterocycles. The maximum absolute atomic E-state index is 13.4. The van der Waals surface area contributed by atoms with E-state index in [1.807, 2.05) is 0 Å². The Morgan fingerprint density at radius 3 is 2.67 bits per heavy atom. The Morgan fingerprint density at radius 2 is 1.97 bits per heavy atom. The average Bonchev–Trinajstić information content (AvgIpc) is 3.20. The van der Waals surface area contributed by atoms with Crippen molar-refractivity contribution in [1.29, 1.82) is 0 Å². The van der Waals surface area contributed by atoms with Crippen LogP contribution >= 0.6 is 11.6 Å². The van der Waals surface area contributed by atoms with E-state index in [1.165, 1.54) is 6.07 Å². The standard InChI is InChI=1S/C20H23ClF2N4O3/c1-2-3-6-27(12-4-7-30-8-5-12)20(29)17-11-18(26-25-17)24-19(28)13-9-15(22)16(23)10-14(13)21/h9-12H,2-8H2,1H3,(H2,24,25,26,28). The molecule has 0 bridgehead atoms. The molecule has 30 heavy (non-hydrogen) atoms. The zero-order chi connectivity index (χ0) is 21.7. The second kappa shape index (κ2) is 9.99. The Bertz CT molecular complexity index is 915. The molecule has 162 valence electrons. The number of unbranched alkanes of at least 4 members (excludes halogenated alkanes) is 1. The van der Waals surface area contributed by atoms with Gasteiger partial charge < -0.3 is 15.0 Å². The van der Waals surface area contributed by atoms with Gasteiger partial charge in [-0.2, -0.15) is 5.10 Å². The third-order valence-corrected chi connectivity index (χ3v) is 5.26. The van der Waals surface area contributed by atoms with Crippen LogP contribution in [0, 0.1) is 11.6 Å². The van der Waals surface area contributed by atoms with Gasteiger partial charge in [-0.05, 0) is 31.4 Å². The summed E-state index contributed by atoms with van der Waals surface area (Å²) in [5, 5.41) is 8.83. The molecule has 0 saturated carbocycles. The first-order valence-electron chi connectivity index (χ1n) is 9.80. The van der Waals surface area contributed by atoms with Crippen molar-refractivity contribution in [3.63, 3.8) is 0 Å². The predicted molar refractivity (Wildman–Crippen MR) is 108 cm³/mol. The summed E-state index contributed by atoms with van der Waals surface area (Å²) in [7, 11) is 0. The largest absolute Gasteiger partial charge is 0.381 e. The Morgan fingerprint density at radius 1 is 1.27 bits per heavy atom. The lowest BCUT2D eigenvalue weighted by molar-refractivity contribution is 0.0283. The van der Waals surface area contributed by atoms with Gasteiger partial charge in [0, 0.05) is 31.9 Å². The molecule has 7 nitrogen and oxygen atoms in total. The molecule has 1 aromatic heterocycles. The molecule has 2 N–H and O–H groups in total. The van der Waals surface area contributed by atoms with Gasteiger partial charge in [0.05, 0.1) is 10.6 Å². The van der Waals surface area contributed by atoms with E-state index in [4.69, 9.17) is 16.3 Å². The topological polar surface area (TPSA) is 87.3 Å². The van der Waals surface area contributed by atoms with Crippen molar-refractivity contribution in [2.24, 2.45) is 0 Å². The third kappa shape index (κ3) is 5.14. The van der Waals surface area contributed by atoms with Crippen LogP contribution in [0.15, 0.2) is 18.2 Å². The Hall–Kier alpha value is -2.52. The molecule has 1 fully saturated rings. The van der Waals surface area contributed by atoms with Crippen molar-refractivity contribution in [2.45, 2.75) is 38.6 Å². The van der Waals surface area contributed by atoms with Crippen LogP contribution in [0.5, 0.6) is 0 Å². The number of hydrogen-bond donors (Lipinski definition) is 2. The summed E-state index contributed by atoms with van der Waals surface area (Å²) in [4.78, 5) is 27.2. The minimum Gasteiger partial charge on any atom is -0.381 e. The smallest absolute Gasteiger partial charge is 0.274 e. The number of benzene rings is 1. The SMILES string of the molecule is CCCCN(C(=O)c1cc(NC(=O)c2cc(F)c(F)cc2Cl)[nH]n1)C1CCOCC1. The zero-order valence-corrected chi connectivity index (χ0v) is 17.3. The summed E-state index contributed by atoms with van der Waals surface area (Å²) in [6, 6.07) is 2.93. The highest BCUT2D eigenvalue weighted by Gasteiger charge is 2.28. The highest BCUT2D eigenvalue weighted by molar-refractivity contribution is 6.34. The number of aromatic nitrogens is 2. The first-order valence-corrected chi connectivity index (χ1v) is 10.2. The Balaban J connectivity index is 1.73. The molecular weight excluding hydrogens is 418 g/mol. The highest BCUT2D eigenvalue weighted by atomic mass is 35.5. The van der Waals surface area contributed by atoms with Crippen LogP contribution in [-0.4, -0.2) is 52.7 Å². The van der Waals surface area contributed by atoms with Crippen molar-refractivity contribution in [1.82, 2.24) is 15.1 Å². The monoisotopic (exact) mass is 440 g/mol. The van der Waals surface area contributed by atoms with Crippen molar-refractivity contribution >= 4 is 29.2 Å². The molecule has 0 aliphatic carbocycles. The number of amides is 2. The van der Waals surface area contributed by atoms with Crippen molar-refractivity contribution < 1.29 is 23.1 Å². The number of aromatic amines is 1. The minimum absolute atomic E-state index is 0.0774. The molecule has 1 aromatic carbocycles. The molecule has 2 heterocycles. The molecule has 10 heteroatoms. The first-order chi connectivity index (χ1) is 14.4. The molecule has 0 radical (unpaired) electrons. The van der Waals surface area contributed by atoms with E-state index in [0.29, 0.717) is 25.8 Å². The van der Waals surface area contributed by atoms with Gasteiger partial charge in [-0.1, -0.05) is 24.9 Å². The van der Waals surface area contributed by atoms with E-state index < -0.39 is 17.5 Å². The van der Waals surface area contributed by atoms with Crippen LogP contribution in [0.3, 0.4) is 0 Å². The fourth-order valence-corrected chi connectivity index (χ4v) is 3.54. The third-order valence-electron chi connectivity index (χ3n) is 4.94. The van der Waals surface area contributed by atoms with Gasteiger partial charge in [0.15, 0.2) is 17.3 Å². The second-order valence-corrected chi connectivity index (χ2v) is 7.47. The summed E-state index contributed by atoms with van der Waals surface area (Å²) < 4.78 is 32.0. The highest BCUT2D eigenvalue weighted by Crippen LogP contribution is 2.22. The Kier molecular flexibility index (Phi) is 7.38. The number of anilines is 1. The van der Waals surface area contributed by atoms with E-state index in [0.717, 1.165) is 31.7 Å². The predicted octanol–water partition coefficient (Wildman–Crippen LogP) is 4.01. The van der Waals surface area contributed by atoms with Gasteiger partial charge >= 0.3 is 0 Å². The number of carbonyl (C=O) groups excluding carboxylic acids is 2. The van der Waals surface area contributed by atoms with E-state index >= 15 is 0 Å². The van der Waals surface area contributed by atoms with Gasteiger partial charge in [0.25, 0.3) is 11.8 Å². The van der Waals surface area contributed by atoms with Gasteiger partial charge in [0.2, 0.25) is 0 Å². The van der Waals surface area contributed by atoms with Crippen LogP contribution in [0.25, 0.3) is 0 Å². The van der Waals surface area contributed by atoms with Gasteiger partial charge in [-0.3, -0.25) is 14.7 Å². The van der Waals surface area contributed by atoms with E-state index in [1.54, 1.807) is 4.90 Å². The van der Waals surface area contributed by atoms with Gasteiger partial charge in [-0.15, -0.1) is 0 Å². The van der Waals surface area contributed by atoms with E-state index in [2.05, 4.69) is 22.4 Å². The fraction of sp³-hybridized carbons (Fsp3) is 0.450. The van der Waals surface area contributed by atoms with Crippen LogP contribution in [0.1, 0.15) is 53.5 Å². The van der Waals surface area contributed by atoms with E-state index in [9.17, 15) is 18.4 Å². The molecule has 1 aliphatic heterocycles. The lowest BCUT2D eigenvalue weighted by Crippen LogP contribution is -2.44. The quantitative estimate of drug-likeness (QED) is 0.637.